The van der Waals surface area contributed by atoms with Gasteiger partial charge in [-0.3, -0.25) is 14.6 Å². The van der Waals surface area contributed by atoms with Crippen LogP contribution in [0.5, 0.6) is 0 Å². The van der Waals surface area contributed by atoms with Crippen molar-refractivity contribution in [2.75, 3.05) is 13.1 Å². The molecule has 1 aromatic heterocycles. The predicted octanol–water partition coefficient (Wildman–Crippen LogP) is 1.57. The van der Waals surface area contributed by atoms with E-state index in [1.165, 1.54) is 0 Å². The molecule has 0 radical (unpaired) electrons. The molecule has 1 aromatic carbocycles. The SMILES string of the molecule is CC(C)(C)c1ccc(S(=O)(=O)N2CCNC(=O)[C@@H]2CC(=O)NCc2cccnc2)cc1. The van der Waals surface area contributed by atoms with Crippen molar-refractivity contribution >= 4 is 21.8 Å². The van der Waals surface area contributed by atoms with E-state index in [1.54, 1.807) is 42.7 Å². The molecule has 0 aliphatic carbocycles. The fraction of sp³-hybridized carbons (Fsp3) is 0.409. The molecule has 166 valence electrons. The Morgan fingerprint density at radius 3 is 2.55 bits per heavy atom. The Morgan fingerprint density at radius 1 is 1.23 bits per heavy atom. The summed E-state index contributed by atoms with van der Waals surface area (Å²) in [5.41, 5.74) is 1.71. The fourth-order valence-electron chi connectivity index (χ4n) is 3.39. The molecule has 1 fully saturated rings. The maximum Gasteiger partial charge on any atom is 0.243 e. The summed E-state index contributed by atoms with van der Waals surface area (Å²) in [7, 11) is -3.94. The van der Waals surface area contributed by atoms with Gasteiger partial charge >= 0.3 is 0 Å². The summed E-state index contributed by atoms with van der Waals surface area (Å²) in [4.78, 5) is 29.0. The highest BCUT2D eigenvalue weighted by atomic mass is 32.2. The molecule has 1 atom stereocenters. The van der Waals surface area contributed by atoms with E-state index >= 15 is 0 Å². The lowest BCUT2D eigenvalue weighted by atomic mass is 9.87. The van der Waals surface area contributed by atoms with Gasteiger partial charge in [-0.2, -0.15) is 4.31 Å². The van der Waals surface area contributed by atoms with E-state index in [2.05, 4.69) is 15.6 Å². The van der Waals surface area contributed by atoms with Crippen LogP contribution in [0, 0.1) is 0 Å². The molecule has 0 saturated carbocycles. The van der Waals surface area contributed by atoms with Crippen molar-refractivity contribution in [1.29, 1.82) is 0 Å². The lowest BCUT2D eigenvalue weighted by molar-refractivity contribution is -0.131. The third kappa shape index (κ3) is 5.48. The second-order valence-electron chi connectivity index (χ2n) is 8.54. The number of hydrogen-bond donors (Lipinski definition) is 2. The van der Waals surface area contributed by atoms with E-state index < -0.39 is 27.9 Å². The Labute approximate surface area is 183 Å². The highest BCUT2D eigenvalue weighted by Crippen LogP contribution is 2.26. The van der Waals surface area contributed by atoms with Gasteiger partial charge in [-0.15, -0.1) is 0 Å². The number of rotatable bonds is 6. The van der Waals surface area contributed by atoms with Crippen molar-refractivity contribution in [3.63, 3.8) is 0 Å². The molecule has 2 N–H and O–H groups in total. The average molecular weight is 445 g/mol. The fourth-order valence-corrected chi connectivity index (χ4v) is 4.98. The van der Waals surface area contributed by atoms with Gasteiger partial charge in [-0.1, -0.05) is 39.0 Å². The number of piperazine rings is 1. The molecule has 1 saturated heterocycles. The van der Waals surface area contributed by atoms with Crippen molar-refractivity contribution in [3.8, 4) is 0 Å². The Kier molecular flexibility index (Phi) is 6.76. The quantitative estimate of drug-likeness (QED) is 0.703. The van der Waals surface area contributed by atoms with Gasteiger partial charge in [-0.05, 0) is 34.7 Å². The molecule has 2 heterocycles. The van der Waals surface area contributed by atoms with Crippen LogP contribution in [0.25, 0.3) is 0 Å². The smallest absolute Gasteiger partial charge is 0.243 e. The Bertz CT molecular complexity index is 1030. The van der Waals surface area contributed by atoms with Crippen molar-refractivity contribution in [3.05, 3.63) is 59.9 Å². The van der Waals surface area contributed by atoms with E-state index in [1.807, 2.05) is 26.8 Å². The molecular weight excluding hydrogens is 416 g/mol. The van der Waals surface area contributed by atoms with E-state index in [4.69, 9.17) is 0 Å². The molecule has 9 heteroatoms. The number of benzene rings is 1. The number of hydrogen-bond acceptors (Lipinski definition) is 5. The van der Waals surface area contributed by atoms with E-state index in [9.17, 15) is 18.0 Å². The van der Waals surface area contributed by atoms with Gasteiger partial charge in [0.1, 0.15) is 6.04 Å². The lowest BCUT2D eigenvalue weighted by Gasteiger charge is -2.33. The van der Waals surface area contributed by atoms with Crippen molar-refractivity contribution < 1.29 is 18.0 Å². The second-order valence-corrected chi connectivity index (χ2v) is 10.4. The van der Waals surface area contributed by atoms with Gasteiger partial charge < -0.3 is 10.6 Å². The number of nitrogens with zero attached hydrogens (tertiary/aromatic N) is 2. The van der Waals surface area contributed by atoms with E-state index in [-0.39, 0.29) is 36.4 Å². The minimum Gasteiger partial charge on any atom is -0.353 e. The maximum absolute atomic E-state index is 13.3. The largest absolute Gasteiger partial charge is 0.353 e. The molecular formula is C22H28N4O4S. The van der Waals surface area contributed by atoms with Gasteiger partial charge in [0.15, 0.2) is 0 Å². The standard InChI is InChI=1S/C22H28N4O4S/c1-22(2,3)17-6-8-18(9-7-17)31(29,30)26-12-11-24-21(28)19(26)13-20(27)25-15-16-5-4-10-23-14-16/h4-10,14,19H,11-13,15H2,1-3H3,(H,24,28)(H,25,27)/t19-/m0/s1. The highest BCUT2D eigenvalue weighted by Gasteiger charge is 2.39. The highest BCUT2D eigenvalue weighted by molar-refractivity contribution is 7.89. The first-order chi connectivity index (χ1) is 14.6. The van der Waals surface area contributed by atoms with Crippen LogP contribution in [0.3, 0.4) is 0 Å². The molecule has 8 nitrogen and oxygen atoms in total. The zero-order valence-electron chi connectivity index (χ0n) is 18.0. The molecule has 0 spiro atoms. The number of carbonyl (C=O) groups excluding carboxylic acids is 2. The number of sulfonamides is 1. The zero-order chi connectivity index (χ0) is 22.6. The van der Waals surface area contributed by atoms with Crippen LogP contribution in [0.2, 0.25) is 0 Å². The first kappa shape index (κ1) is 22.9. The molecule has 2 aromatic rings. The van der Waals surface area contributed by atoms with E-state index in [0.29, 0.717) is 0 Å². The number of carbonyl (C=O) groups is 2. The Balaban J connectivity index is 1.76. The topological polar surface area (TPSA) is 108 Å². The summed E-state index contributed by atoms with van der Waals surface area (Å²) in [6, 6.07) is 9.16. The Hall–Kier alpha value is -2.78. The van der Waals surface area contributed by atoms with Gasteiger partial charge in [0, 0.05) is 32.0 Å². The molecule has 1 aliphatic rings. The number of aromatic nitrogens is 1. The average Bonchev–Trinajstić information content (AvgIpc) is 2.74. The molecule has 31 heavy (non-hydrogen) atoms. The summed E-state index contributed by atoms with van der Waals surface area (Å²) in [5.74, 6) is -0.883. The molecule has 1 aliphatic heterocycles. The van der Waals surface area contributed by atoms with Gasteiger partial charge in [-0.25, -0.2) is 8.42 Å². The zero-order valence-corrected chi connectivity index (χ0v) is 18.8. The third-order valence-corrected chi connectivity index (χ3v) is 7.12. The lowest BCUT2D eigenvalue weighted by Crippen LogP contribution is -2.58. The van der Waals surface area contributed by atoms with Gasteiger partial charge in [0.25, 0.3) is 0 Å². The van der Waals surface area contributed by atoms with Crippen molar-refractivity contribution in [2.45, 2.75) is 50.1 Å². The summed E-state index contributed by atoms with van der Waals surface area (Å²) in [6.07, 6.45) is 3.01. The van der Waals surface area contributed by atoms with Crippen LogP contribution in [0.4, 0.5) is 0 Å². The molecule has 3 rings (SSSR count). The number of pyridine rings is 1. The third-order valence-electron chi connectivity index (χ3n) is 5.20. The van der Waals surface area contributed by atoms with Crippen LogP contribution < -0.4 is 10.6 Å². The summed E-state index contributed by atoms with van der Waals surface area (Å²) >= 11 is 0. The van der Waals surface area contributed by atoms with Crippen LogP contribution in [0.15, 0.2) is 53.7 Å². The van der Waals surface area contributed by atoms with Gasteiger partial charge in [0.05, 0.1) is 11.3 Å². The van der Waals surface area contributed by atoms with Crippen LogP contribution >= 0.6 is 0 Å². The minimum atomic E-state index is -3.94. The van der Waals surface area contributed by atoms with E-state index in [0.717, 1.165) is 15.4 Å². The van der Waals surface area contributed by atoms with Crippen molar-refractivity contribution in [2.24, 2.45) is 0 Å². The van der Waals surface area contributed by atoms with Crippen LogP contribution in [0.1, 0.15) is 38.3 Å². The minimum absolute atomic E-state index is 0.107. The summed E-state index contributed by atoms with van der Waals surface area (Å²) in [5, 5.41) is 5.38. The number of amides is 2. The van der Waals surface area contributed by atoms with Gasteiger partial charge in [0.2, 0.25) is 21.8 Å². The first-order valence-electron chi connectivity index (χ1n) is 10.1. The van der Waals surface area contributed by atoms with Crippen LogP contribution in [-0.2, 0) is 31.6 Å². The second kappa shape index (κ2) is 9.15. The first-order valence-corrected chi connectivity index (χ1v) is 11.6. The molecule has 0 bridgehead atoms. The predicted molar refractivity (Wildman–Crippen MR) is 117 cm³/mol. The molecule has 0 unspecified atom stereocenters. The molecule has 2 amide bonds. The maximum atomic E-state index is 13.3. The normalized spacial score (nSPS) is 17.8. The van der Waals surface area contributed by atoms with Crippen LogP contribution in [-0.4, -0.2) is 48.7 Å². The summed E-state index contributed by atoms with van der Waals surface area (Å²) < 4.78 is 27.7. The summed E-state index contributed by atoms with van der Waals surface area (Å²) in [6.45, 7) is 6.70. The Morgan fingerprint density at radius 2 is 1.94 bits per heavy atom. The number of nitrogens with one attached hydrogen (secondary N) is 2. The van der Waals surface area contributed by atoms with Crippen molar-refractivity contribution in [1.82, 2.24) is 19.9 Å². The monoisotopic (exact) mass is 444 g/mol.